The van der Waals surface area contributed by atoms with Crippen LogP contribution in [-0.2, 0) is 28.6 Å². The van der Waals surface area contributed by atoms with Crippen LogP contribution in [0.3, 0.4) is 0 Å². The zero-order valence-electron chi connectivity index (χ0n) is 51.8. The van der Waals surface area contributed by atoms with Gasteiger partial charge in [0.2, 0.25) is 0 Å². The molecule has 80 heavy (non-hydrogen) atoms. The number of esters is 3. The van der Waals surface area contributed by atoms with Crippen LogP contribution in [0.5, 0.6) is 0 Å². The number of unbranched alkanes of at least 4 members (excludes halogenated alkanes) is 23. The first-order valence-electron chi connectivity index (χ1n) is 32.8. The molecule has 0 radical (unpaired) electrons. The largest absolute Gasteiger partial charge is 0.462 e. The standard InChI is InChI=1S/C74H120O6/c1-4-7-10-13-16-19-22-25-28-30-32-33-34-35-36-37-38-39-40-41-43-44-46-49-52-55-58-61-64-67-73(76)79-70-71(69-78-72(75)66-63-60-57-54-51-48-27-24-21-18-15-12-9-6-3)80-74(77)68-65-62-59-56-53-50-47-45-42-31-29-26-23-20-17-14-11-8-5-2/h7,10,16-17,19-20,24-29,32-33,35-36,38-39,41,43,46,49,55,58,71H,4-6,8-9,11-15,18,21-23,30-31,34,37,40,42,44-45,47-48,50-54,56-57,59-70H2,1-3H3/b10-7-,19-16-,20-17-,27-24-,28-25-,29-26-,33-32-,36-35-,39-38-,43-41-,49-46-,58-55-. The van der Waals surface area contributed by atoms with E-state index in [0.29, 0.717) is 19.3 Å². The maximum absolute atomic E-state index is 12.9. The van der Waals surface area contributed by atoms with Crippen molar-refractivity contribution in [2.75, 3.05) is 13.2 Å². The normalized spacial score (nSPS) is 13.1. The minimum Gasteiger partial charge on any atom is -0.462 e. The highest BCUT2D eigenvalue weighted by Crippen LogP contribution is 2.15. The van der Waals surface area contributed by atoms with E-state index in [0.717, 1.165) is 122 Å². The van der Waals surface area contributed by atoms with Crippen molar-refractivity contribution in [1.82, 2.24) is 0 Å². The molecule has 1 unspecified atom stereocenters. The molecule has 0 saturated carbocycles. The number of rotatable bonds is 58. The molecule has 0 aromatic heterocycles. The number of hydrogen-bond donors (Lipinski definition) is 0. The van der Waals surface area contributed by atoms with Crippen LogP contribution in [0.2, 0.25) is 0 Å². The molecule has 452 valence electrons. The molecule has 0 aliphatic rings. The molecule has 0 fully saturated rings. The fourth-order valence-electron chi connectivity index (χ4n) is 8.65. The number of ether oxygens (including phenoxy) is 3. The van der Waals surface area contributed by atoms with Crippen molar-refractivity contribution in [3.8, 4) is 0 Å². The summed E-state index contributed by atoms with van der Waals surface area (Å²) in [5.74, 6) is -0.979. The number of carbonyl (C=O) groups excluding carboxylic acids is 3. The summed E-state index contributed by atoms with van der Waals surface area (Å²) < 4.78 is 16.9. The van der Waals surface area contributed by atoms with Gasteiger partial charge in [0.25, 0.3) is 0 Å². The monoisotopic (exact) mass is 1100 g/mol. The van der Waals surface area contributed by atoms with Gasteiger partial charge in [0.15, 0.2) is 6.10 Å². The molecule has 0 aromatic carbocycles. The van der Waals surface area contributed by atoms with Gasteiger partial charge in [-0.15, -0.1) is 0 Å². The second kappa shape index (κ2) is 66.8. The molecular weight excluding hydrogens is 985 g/mol. The molecule has 0 heterocycles. The minimum atomic E-state index is -0.814. The van der Waals surface area contributed by atoms with Crippen LogP contribution in [-0.4, -0.2) is 37.2 Å². The van der Waals surface area contributed by atoms with E-state index in [1.807, 2.05) is 0 Å². The Balaban J connectivity index is 4.47. The fraction of sp³-hybridized carbons (Fsp3) is 0.635. The predicted molar refractivity (Wildman–Crippen MR) is 348 cm³/mol. The Labute approximate surface area is 493 Å². The Morgan fingerprint density at radius 2 is 0.500 bits per heavy atom. The summed E-state index contributed by atoms with van der Waals surface area (Å²) >= 11 is 0. The topological polar surface area (TPSA) is 78.9 Å². The summed E-state index contributed by atoms with van der Waals surface area (Å²) in [4.78, 5) is 38.3. The van der Waals surface area contributed by atoms with Crippen molar-refractivity contribution in [3.63, 3.8) is 0 Å². The summed E-state index contributed by atoms with van der Waals surface area (Å²) in [6.07, 6.45) is 95.7. The summed E-state index contributed by atoms with van der Waals surface area (Å²) in [6.45, 7) is 6.44. The molecule has 6 heteroatoms. The van der Waals surface area contributed by atoms with Crippen molar-refractivity contribution in [1.29, 1.82) is 0 Å². The molecule has 0 spiro atoms. The van der Waals surface area contributed by atoms with E-state index in [1.165, 1.54) is 116 Å². The first-order valence-corrected chi connectivity index (χ1v) is 32.8. The molecule has 6 nitrogen and oxygen atoms in total. The molecule has 0 aliphatic heterocycles. The fourth-order valence-corrected chi connectivity index (χ4v) is 8.65. The van der Waals surface area contributed by atoms with Crippen molar-refractivity contribution in [2.45, 2.75) is 290 Å². The van der Waals surface area contributed by atoms with Crippen molar-refractivity contribution in [2.24, 2.45) is 0 Å². The summed E-state index contributed by atoms with van der Waals surface area (Å²) in [7, 11) is 0. The maximum atomic E-state index is 12.9. The predicted octanol–water partition coefficient (Wildman–Crippen LogP) is 22.7. The SMILES string of the molecule is CC/C=C\C/C=C\C/C=C\C/C=C\C/C=C\C/C=C\C/C=C\C/C=C\C/C=C\CCCC(=O)OCC(COC(=O)CCCCCCC/C=C\CCCCCCC)OC(=O)CCCCCCCCCCC/C=C\C/C=C\CCCCC. The lowest BCUT2D eigenvalue weighted by atomic mass is 10.1. The van der Waals surface area contributed by atoms with Gasteiger partial charge in [0.1, 0.15) is 13.2 Å². The van der Waals surface area contributed by atoms with Crippen LogP contribution in [0, 0.1) is 0 Å². The van der Waals surface area contributed by atoms with E-state index in [-0.39, 0.29) is 37.5 Å². The highest BCUT2D eigenvalue weighted by atomic mass is 16.6. The average Bonchev–Trinajstić information content (AvgIpc) is 3.46. The van der Waals surface area contributed by atoms with Gasteiger partial charge in [0.05, 0.1) is 0 Å². The van der Waals surface area contributed by atoms with E-state index in [1.54, 1.807) is 0 Å². The molecular formula is C74H120O6. The Morgan fingerprint density at radius 3 is 0.850 bits per heavy atom. The van der Waals surface area contributed by atoms with Crippen LogP contribution in [0.25, 0.3) is 0 Å². The van der Waals surface area contributed by atoms with Gasteiger partial charge in [-0.2, -0.15) is 0 Å². The Bertz CT molecular complexity index is 1750. The number of allylic oxidation sites excluding steroid dienone is 24. The Morgan fingerprint density at radius 1 is 0.263 bits per heavy atom. The van der Waals surface area contributed by atoms with E-state index in [2.05, 4.69) is 167 Å². The third kappa shape index (κ3) is 64.1. The van der Waals surface area contributed by atoms with Crippen LogP contribution >= 0.6 is 0 Å². The zero-order valence-corrected chi connectivity index (χ0v) is 51.8. The first kappa shape index (κ1) is 75.3. The molecule has 0 amide bonds. The van der Waals surface area contributed by atoms with Gasteiger partial charge in [-0.3, -0.25) is 14.4 Å². The van der Waals surface area contributed by atoms with Gasteiger partial charge in [-0.25, -0.2) is 0 Å². The number of hydrogen-bond acceptors (Lipinski definition) is 6. The molecule has 0 aliphatic carbocycles. The zero-order chi connectivity index (χ0) is 57.8. The summed E-state index contributed by atoms with van der Waals surface area (Å²) in [5.41, 5.74) is 0. The van der Waals surface area contributed by atoms with Crippen LogP contribution in [0.4, 0.5) is 0 Å². The minimum absolute atomic E-state index is 0.106. The smallest absolute Gasteiger partial charge is 0.306 e. The third-order valence-corrected chi connectivity index (χ3v) is 13.5. The van der Waals surface area contributed by atoms with Crippen molar-refractivity contribution < 1.29 is 28.6 Å². The molecule has 0 N–H and O–H groups in total. The quantitative estimate of drug-likeness (QED) is 0.0261. The first-order chi connectivity index (χ1) is 39.5. The molecule has 0 bridgehead atoms. The van der Waals surface area contributed by atoms with E-state index in [4.69, 9.17) is 14.2 Å². The van der Waals surface area contributed by atoms with Gasteiger partial charge in [-0.05, 0) is 141 Å². The van der Waals surface area contributed by atoms with Gasteiger partial charge < -0.3 is 14.2 Å². The molecule has 0 rings (SSSR count). The van der Waals surface area contributed by atoms with E-state index >= 15 is 0 Å². The van der Waals surface area contributed by atoms with Crippen molar-refractivity contribution >= 4 is 17.9 Å². The van der Waals surface area contributed by atoms with Crippen molar-refractivity contribution in [3.05, 3.63) is 146 Å². The summed E-state index contributed by atoms with van der Waals surface area (Å²) in [6, 6.07) is 0. The average molecular weight is 1110 g/mol. The second-order valence-electron chi connectivity index (χ2n) is 21.3. The van der Waals surface area contributed by atoms with Gasteiger partial charge in [0, 0.05) is 19.3 Å². The lowest BCUT2D eigenvalue weighted by Gasteiger charge is -2.18. The molecule has 0 saturated heterocycles. The highest BCUT2D eigenvalue weighted by Gasteiger charge is 2.19. The highest BCUT2D eigenvalue weighted by molar-refractivity contribution is 5.71. The Hall–Kier alpha value is -4.71. The summed E-state index contributed by atoms with van der Waals surface area (Å²) in [5, 5.41) is 0. The van der Waals surface area contributed by atoms with Crippen LogP contribution in [0.15, 0.2) is 146 Å². The van der Waals surface area contributed by atoms with Gasteiger partial charge >= 0.3 is 17.9 Å². The van der Waals surface area contributed by atoms with Crippen LogP contribution < -0.4 is 0 Å². The molecule has 1 atom stereocenters. The Kier molecular flexibility index (Phi) is 62.9. The second-order valence-corrected chi connectivity index (χ2v) is 21.3. The maximum Gasteiger partial charge on any atom is 0.306 e. The third-order valence-electron chi connectivity index (χ3n) is 13.5. The molecule has 0 aromatic rings. The van der Waals surface area contributed by atoms with Crippen LogP contribution in [0.1, 0.15) is 284 Å². The number of carbonyl (C=O) groups is 3. The lowest BCUT2D eigenvalue weighted by Crippen LogP contribution is -2.30. The van der Waals surface area contributed by atoms with E-state index < -0.39 is 6.10 Å². The van der Waals surface area contributed by atoms with Gasteiger partial charge in [-0.1, -0.05) is 269 Å². The lowest BCUT2D eigenvalue weighted by molar-refractivity contribution is -0.167. The van der Waals surface area contributed by atoms with E-state index in [9.17, 15) is 14.4 Å².